The summed E-state index contributed by atoms with van der Waals surface area (Å²) in [6.45, 7) is 7.39. The highest BCUT2D eigenvalue weighted by atomic mass is 16.6. The van der Waals surface area contributed by atoms with Crippen LogP contribution in [0.1, 0.15) is 39.2 Å². The molecule has 0 fully saturated rings. The number of dihydropyridines is 1. The van der Waals surface area contributed by atoms with Gasteiger partial charge in [0.1, 0.15) is 6.61 Å². The lowest BCUT2D eigenvalue weighted by Crippen LogP contribution is -2.33. The Balaban J connectivity index is 2.03. The van der Waals surface area contributed by atoms with Gasteiger partial charge in [-0.3, -0.25) is 0 Å². The maximum atomic E-state index is 13.2. The molecule has 2 heterocycles. The average molecular weight is 441 g/mol. The van der Waals surface area contributed by atoms with Crippen LogP contribution in [0.25, 0.3) is 11.4 Å². The van der Waals surface area contributed by atoms with Gasteiger partial charge in [0, 0.05) is 24.1 Å². The summed E-state index contributed by atoms with van der Waals surface area (Å²) in [7, 11) is 1.56. The number of hydrogen-bond donors (Lipinski definition) is 3. The molecule has 1 aliphatic heterocycles. The van der Waals surface area contributed by atoms with E-state index in [0.717, 1.165) is 0 Å². The van der Waals surface area contributed by atoms with E-state index in [1.54, 1.807) is 45.2 Å². The van der Waals surface area contributed by atoms with Crippen LogP contribution in [-0.2, 0) is 19.1 Å². The highest BCUT2D eigenvalue weighted by Gasteiger charge is 2.37. The number of benzene rings is 1. The predicted octanol–water partition coefficient (Wildman–Crippen LogP) is 2.40. The fourth-order valence-electron chi connectivity index (χ4n) is 3.79. The van der Waals surface area contributed by atoms with Crippen molar-refractivity contribution in [2.24, 2.45) is 5.92 Å². The number of methoxy groups -OCH3 is 1. The highest BCUT2D eigenvalue weighted by molar-refractivity contribution is 5.99. The lowest BCUT2D eigenvalue weighted by atomic mass is 9.80. The first-order chi connectivity index (χ1) is 15.2. The van der Waals surface area contributed by atoms with Gasteiger partial charge in [-0.15, -0.1) is 10.2 Å². The zero-order chi connectivity index (χ0) is 23.4. The molecule has 170 valence electrons. The van der Waals surface area contributed by atoms with E-state index in [2.05, 4.69) is 25.9 Å². The van der Waals surface area contributed by atoms with Crippen molar-refractivity contribution in [3.63, 3.8) is 0 Å². The molecular weight excluding hydrogens is 414 g/mol. The second kappa shape index (κ2) is 9.73. The number of aromatic amines is 1. The van der Waals surface area contributed by atoms with Gasteiger partial charge in [0.05, 0.1) is 23.2 Å². The second-order valence-electron chi connectivity index (χ2n) is 7.92. The highest BCUT2D eigenvalue weighted by Crippen LogP contribution is 2.39. The van der Waals surface area contributed by atoms with Crippen LogP contribution in [0.15, 0.2) is 46.8 Å². The van der Waals surface area contributed by atoms with Gasteiger partial charge in [0.25, 0.3) is 0 Å². The van der Waals surface area contributed by atoms with Crippen LogP contribution in [0.4, 0.5) is 0 Å². The lowest BCUT2D eigenvalue weighted by Gasteiger charge is -2.30. The quantitative estimate of drug-likeness (QED) is 0.527. The molecule has 3 rings (SSSR count). The van der Waals surface area contributed by atoms with Gasteiger partial charge < -0.3 is 19.9 Å². The molecule has 0 bridgehead atoms. The summed E-state index contributed by atoms with van der Waals surface area (Å²) in [5.74, 6) is -2.05. The van der Waals surface area contributed by atoms with Crippen LogP contribution >= 0.6 is 0 Å². The number of nitrogens with zero attached hydrogens (tertiary/aromatic N) is 3. The maximum absolute atomic E-state index is 13.2. The number of ether oxygens (including phenoxy) is 2. The summed E-state index contributed by atoms with van der Waals surface area (Å²) in [6, 6.07) is 7.06. The third-order valence-electron chi connectivity index (χ3n) is 5.46. The molecule has 1 aliphatic rings. The van der Waals surface area contributed by atoms with E-state index in [0.29, 0.717) is 28.3 Å². The van der Waals surface area contributed by atoms with Crippen LogP contribution in [0.3, 0.4) is 0 Å². The molecule has 1 aromatic carbocycles. The van der Waals surface area contributed by atoms with E-state index < -0.39 is 17.9 Å². The average Bonchev–Trinajstić information content (AvgIpc) is 3.28. The lowest BCUT2D eigenvalue weighted by molar-refractivity contribution is -0.144. The standard InChI is InChI=1S/C22H27N5O5/c1-11(2)16(31-5)10-32-22(30)18-13(4)23-12(3)17(21(28)29)19(18)14-7-6-8-15(9-14)20-24-26-27-25-20/h6-9,11,16,19,23H,10H2,1-5H3,(H,28,29)(H,24,25,26,27). The second-order valence-corrected chi connectivity index (χ2v) is 7.92. The normalized spacial score (nSPS) is 17.4. The van der Waals surface area contributed by atoms with E-state index in [9.17, 15) is 14.7 Å². The summed E-state index contributed by atoms with van der Waals surface area (Å²) < 4.78 is 11.0. The van der Waals surface area contributed by atoms with Gasteiger partial charge in [0.15, 0.2) is 0 Å². The number of rotatable bonds is 8. The topological polar surface area (TPSA) is 139 Å². The molecule has 0 spiro atoms. The first-order valence-electron chi connectivity index (χ1n) is 10.2. The van der Waals surface area contributed by atoms with Gasteiger partial charge >= 0.3 is 11.9 Å². The Labute approximate surface area is 185 Å². The Hall–Kier alpha value is -3.53. The number of aliphatic carboxylic acids is 1. The molecule has 0 radical (unpaired) electrons. The summed E-state index contributed by atoms with van der Waals surface area (Å²) >= 11 is 0. The summed E-state index contributed by atoms with van der Waals surface area (Å²) in [4.78, 5) is 25.4. The molecule has 2 unspecified atom stereocenters. The molecular formula is C22H27N5O5. The number of esters is 1. The largest absolute Gasteiger partial charge is 0.478 e. The van der Waals surface area contributed by atoms with E-state index in [4.69, 9.17) is 9.47 Å². The Kier molecular flexibility index (Phi) is 7.04. The molecule has 2 aromatic rings. The molecule has 2 atom stereocenters. The Morgan fingerprint density at radius 3 is 2.50 bits per heavy atom. The molecule has 10 nitrogen and oxygen atoms in total. The minimum Gasteiger partial charge on any atom is -0.478 e. The van der Waals surface area contributed by atoms with Crippen molar-refractivity contribution < 1.29 is 24.2 Å². The van der Waals surface area contributed by atoms with Gasteiger partial charge in [-0.25, -0.2) is 9.59 Å². The fraction of sp³-hybridized carbons (Fsp3) is 0.409. The molecule has 3 N–H and O–H groups in total. The first-order valence-corrected chi connectivity index (χ1v) is 10.2. The third kappa shape index (κ3) is 4.70. The SMILES string of the molecule is COC(COC(=O)C1=C(C)NC(C)=C(C(=O)O)C1c1cccc(-c2nn[nH]n2)c1)C(C)C. The number of carboxylic acid groups (broad SMARTS) is 1. The number of allylic oxidation sites excluding steroid dienone is 2. The van der Waals surface area contributed by atoms with Crippen LogP contribution in [-0.4, -0.2) is 57.5 Å². The molecule has 0 amide bonds. The maximum Gasteiger partial charge on any atom is 0.336 e. The number of nitrogens with one attached hydrogen (secondary N) is 2. The summed E-state index contributed by atoms with van der Waals surface area (Å²) in [5.41, 5.74) is 2.53. The van der Waals surface area contributed by atoms with Crippen molar-refractivity contribution in [1.82, 2.24) is 25.9 Å². The van der Waals surface area contributed by atoms with Crippen molar-refractivity contribution in [2.45, 2.75) is 39.7 Å². The number of aromatic nitrogens is 4. The Bertz CT molecular complexity index is 1060. The van der Waals surface area contributed by atoms with Gasteiger partial charge in [-0.1, -0.05) is 32.0 Å². The van der Waals surface area contributed by atoms with Crippen molar-refractivity contribution in [2.75, 3.05) is 13.7 Å². The zero-order valence-electron chi connectivity index (χ0n) is 18.7. The fourth-order valence-corrected chi connectivity index (χ4v) is 3.79. The minimum atomic E-state index is -1.13. The molecule has 1 aromatic heterocycles. The van der Waals surface area contributed by atoms with Crippen molar-refractivity contribution in [1.29, 1.82) is 0 Å². The Morgan fingerprint density at radius 1 is 1.19 bits per heavy atom. The first kappa shape index (κ1) is 23.1. The predicted molar refractivity (Wildman–Crippen MR) is 115 cm³/mol. The van der Waals surface area contributed by atoms with Gasteiger partial charge in [-0.2, -0.15) is 5.21 Å². The molecule has 10 heteroatoms. The number of tetrazole rings is 1. The van der Waals surface area contributed by atoms with Crippen molar-refractivity contribution in [3.05, 3.63) is 52.4 Å². The van der Waals surface area contributed by atoms with Crippen LogP contribution in [0.5, 0.6) is 0 Å². The van der Waals surface area contributed by atoms with E-state index in [1.807, 2.05) is 13.8 Å². The molecule has 0 aliphatic carbocycles. The van der Waals surface area contributed by atoms with Crippen LogP contribution in [0.2, 0.25) is 0 Å². The van der Waals surface area contributed by atoms with E-state index in [-0.39, 0.29) is 29.8 Å². The number of carbonyl (C=O) groups excluding carboxylic acids is 1. The van der Waals surface area contributed by atoms with Crippen LogP contribution < -0.4 is 5.32 Å². The number of carbonyl (C=O) groups is 2. The molecule has 0 saturated carbocycles. The summed E-state index contributed by atoms with van der Waals surface area (Å²) in [5, 5.41) is 26.9. The van der Waals surface area contributed by atoms with Gasteiger partial charge in [0.2, 0.25) is 5.82 Å². The van der Waals surface area contributed by atoms with Gasteiger partial charge in [-0.05, 0) is 36.6 Å². The minimum absolute atomic E-state index is 0.0600. The summed E-state index contributed by atoms with van der Waals surface area (Å²) in [6.07, 6.45) is -0.271. The smallest absolute Gasteiger partial charge is 0.336 e. The monoisotopic (exact) mass is 441 g/mol. The van der Waals surface area contributed by atoms with E-state index >= 15 is 0 Å². The third-order valence-corrected chi connectivity index (χ3v) is 5.46. The number of H-pyrrole nitrogens is 1. The van der Waals surface area contributed by atoms with Crippen molar-refractivity contribution in [3.8, 4) is 11.4 Å². The number of carboxylic acids is 1. The number of hydrogen-bond acceptors (Lipinski definition) is 8. The van der Waals surface area contributed by atoms with Crippen molar-refractivity contribution >= 4 is 11.9 Å². The Morgan fingerprint density at radius 2 is 1.91 bits per heavy atom. The molecule has 32 heavy (non-hydrogen) atoms. The van der Waals surface area contributed by atoms with Crippen LogP contribution in [0, 0.1) is 5.92 Å². The molecule has 0 saturated heterocycles. The van der Waals surface area contributed by atoms with E-state index in [1.165, 1.54) is 0 Å². The zero-order valence-corrected chi connectivity index (χ0v) is 18.7.